The third-order valence-corrected chi connectivity index (χ3v) is 6.56. The summed E-state index contributed by atoms with van der Waals surface area (Å²) in [6.07, 6.45) is 0. The van der Waals surface area contributed by atoms with Crippen molar-refractivity contribution in [2.45, 2.75) is 20.4 Å². The van der Waals surface area contributed by atoms with Crippen LogP contribution in [0.2, 0.25) is 0 Å². The van der Waals surface area contributed by atoms with Crippen LogP contribution in [0, 0.1) is 13.8 Å². The van der Waals surface area contributed by atoms with E-state index in [0.29, 0.717) is 0 Å². The van der Waals surface area contributed by atoms with E-state index in [9.17, 15) is 4.79 Å². The highest BCUT2D eigenvalue weighted by Crippen LogP contribution is 2.23. The van der Waals surface area contributed by atoms with E-state index in [1.807, 2.05) is 23.1 Å². The van der Waals surface area contributed by atoms with Crippen LogP contribution in [-0.4, -0.2) is 48.7 Å². The number of anilines is 1. The lowest BCUT2D eigenvalue weighted by Gasteiger charge is -2.36. The van der Waals surface area contributed by atoms with Gasteiger partial charge in [-0.15, -0.1) is 11.3 Å². The molecule has 0 radical (unpaired) electrons. The van der Waals surface area contributed by atoms with Crippen molar-refractivity contribution in [1.82, 2.24) is 9.47 Å². The summed E-state index contributed by atoms with van der Waals surface area (Å²) in [6, 6.07) is 14.4. The summed E-state index contributed by atoms with van der Waals surface area (Å²) in [4.78, 5) is 18.8. The third-order valence-electron chi connectivity index (χ3n) is 5.70. The predicted molar refractivity (Wildman–Crippen MR) is 118 cm³/mol. The number of rotatable bonds is 5. The lowest BCUT2D eigenvalue weighted by Crippen LogP contribution is -2.48. The number of piperazine rings is 1. The molecular formula is C23H27N3O2S. The fourth-order valence-corrected chi connectivity index (χ4v) is 4.64. The smallest absolute Gasteiger partial charge is 0.255 e. The maximum Gasteiger partial charge on any atom is 0.255 e. The van der Waals surface area contributed by atoms with Crippen LogP contribution in [0.3, 0.4) is 0 Å². The summed E-state index contributed by atoms with van der Waals surface area (Å²) in [5.41, 5.74) is 4.19. The lowest BCUT2D eigenvalue weighted by molar-refractivity contribution is 0.0746. The Balaban J connectivity index is 1.43. The molecule has 2 aromatic heterocycles. The van der Waals surface area contributed by atoms with Crippen LogP contribution in [0.4, 0.5) is 5.69 Å². The van der Waals surface area contributed by atoms with E-state index in [4.69, 9.17) is 4.74 Å². The lowest BCUT2D eigenvalue weighted by atomic mass is 10.2. The number of carbonyl (C=O) groups excluding carboxylic acids is 1. The molecule has 0 bridgehead atoms. The maximum atomic E-state index is 13.2. The van der Waals surface area contributed by atoms with Crippen molar-refractivity contribution in [1.29, 1.82) is 0 Å². The molecule has 0 N–H and O–H groups in total. The highest BCUT2D eigenvalue weighted by Gasteiger charge is 2.25. The summed E-state index contributed by atoms with van der Waals surface area (Å²) < 4.78 is 7.48. The van der Waals surface area contributed by atoms with Crippen molar-refractivity contribution in [3.8, 4) is 5.75 Å². The highest BCUT2D eigenvalue weighted by molar-refractivity contribution is 7.09. The fourth-order valence-electron chi connectivity index (χ4n) is 3.95. The minimum absolute atomic E-state index is 0.143. The standard InChI is InChI=1S/C23H27N3O2S/c1-17-15-22(18(2)26(17)16-21-5-4-14-29-21)23(27)25-12-10-24(11-13-25)19-6-8-20(28-3)9-7-19/h4-9,14-15H,10-13,16H2,1-3H3. The molecule has 0 spiro atoms. The summed E-state index contributed by atoms with van der Waals surface area (Å²) in [5.74, 6) is 1.00. The zero-order valence-corrected chi connectivity index (χ0v) is 18.0. The minimum atomic E-state index is 0.143. The van der Waals surface area contributed by atoms with Gasteiger partial charge >= 0.3 is 0 Å². The number of aryl methyl sites for hydroxylation is 1. The van der Waals surface area contributed by atoms with Crippen LogP contribution in [-0.2, 0) is 6.54 Å². The van der Waals surface area contributed by atoms with Gasteiger partial charge in [-0.25, -0.2) is 0 Å². The Morgan fingerprint density at radius 1 is 1.07 bits per heavy atom. The van der Waals surface area contributed by atoms with Crippen molar-refractivity contribution in [3.05, 3.63) is 69.7 Å². The van der Waals surface area contributed by atoms with E-state index in [2.05, 4.69) is 53.0 Å². The fraction of sp³-hybridized carbons (Fsp3) is 0.348. The van der Waals surface area contributed by atoms with Crippen LogP contribution in [0.5, 0.6) is 5.75 Å². The molecule has 4 rings (SSSR count). The van der Waals surface area contributed by atoms with Crippen molar-refractivity contribution in [2.24, 2.45) is 0 Å². The van der Waals surface area contributed by atoms with Crippen molar-refractivity contribution in [3.63, 3.8) is 0 Å². The van der Waals surface area contributed by atoms with Gasteiger partial charge < -0.3 is 19.1 Å². The summed E-state index contributed by atoms with van der Waals surface area (Å²) in [5, 5.41) is 2.10. The van der Waals surface area contributed by atoms with Crippen LogP contribution in [0.1, 0.15) is 26.6 Å². The average Bonchev–Trinajstić information content (AvgIpc) is 3.37. The first-order valence-corrected chi connectivity index (χ1v) is 10.8. The SMILES string of the molecule is COc1ccc(N2CCN(C(=O)c3cc(C)n(Cc4cccs4)c3C)CC2)cc1. The monoisotopic (exact) mass is 409 g/mol. The topological polar surface area (TPSA) is 37.7 Å². The third kappa shape index (κ3) is 4.03. The molecule has 0 atom stereocenters. The quantitative estimate of drug-likeness (QED) is 0.634. The number of benzene rings is 1. The molecule has 1 aliphatic heterocycles. The molecule has 152 valence electrons. The number of ether oxygens (including phenoxy) is 1. The number of thiophene rings is 1. The second-order valence-corrected chi connectivity index (χ2v) is 8.46. The van der Waals surface area contributed by atoms with Crippen LogP contribution < -0.4 is 9.64 Å². The molecule has 0 unspecified atom stereocenters. The molecule has 1 fully saturated rings. The van der Waals surface area contributed by atoms with Gasteiger partial charge in [-0.05, 0) is 55.6 Å². The van der Waals surface area contributed by atoms with Crippen molar-refractivity contribution < 1.29 is 9.53 Å². The summed E-state index contributed by atoms with van der Waals surface area (Å²) in [6.45, 7) is 8.12. The second-order valence-electron chi connectivity index (χ2n) is 7.43. The summed E-state index contributed by atoms with van der Waals surface area (Å²) in [7, 11) is 1.68. The molecule has 1 aliphatic rings. The van der Waals surface area contributed by atoms with Gasteiger partial charge in [0.05, 0.1) is 19.2 Å². The van der Waals surface area contributed by atoms with Crippen LogP contribution in [0.15, 0.2) is 47.8 Å². The van der Waals surface area contributed by atoms with Crippen LogP contribution >= 0.6 is 11.3 Å². The first kappa shape index (κ1) is 19.6. The number of hydrogen-bond donors (Lipinski definition) is 0. The Labute approximate surface area is 176 Å². The number of methoxy groups -OCH3 is 1. The van der Waals surface area contributed by atoms with E-state index in [1.165, 1.54) is 10.6 Å². The summed E-state index contributed by atoms with van der Waals surface area (Å²) >= 11 is 1.75. The Morgan fingerprint density at radius 3 is 2.41 bits per heavy atom. The van der Waals surface area contributed by atoms with E-state index in [0.717, 1.165) is 55.4 Å². The molecule has 0 aliphatic carbocycles. The van der Waals surface area contributed by atoms with E-state index < -0.39 is 0 Å². The van der Waals surface area contributed by atoms with Crippen LogP contribution in [0.25, 0.3) is 0 Å². The Bertz CT molecular complexity index is 968. The molecule has 3 heterocycles. The van der Waals surface area contributed by atoms with Gasteiger partial charge in [-0.2, -0.15) is 0 Å². The van der Waals surface area contributed by atoms with Gasteiger partial charge in [0.25, 0.3) is 5.91 Å². The second kappa shape index (κ2) is 8.33. The first-order chi connectivity index (χ1) is 14.1. The molecular weight excluding hydrogens is 382 g/mol. The van der Waals surface area contributed by atoms with Gasteiger partial charge in [-0.1, -0.05) is 6.07 Å². The van der Waals surface area contributed by atoms with E-state index in [-0.39, 0.29) is 5.91 Å². The van der Waals surface area contributed by atoms with Gasteiger partial charge in [0.2, 0.25) is 0 Å². The average molecular weight is 410 g/mol. The molecule has 1 aromatic carbocycles. The normalized spacial score (nSPS) is 14.3. The molecule has 29 heavy (non-hydrogen) atoms. The largest absolute Gasteiger partial charge is 0.497 e. The molecule has 5 nitrogen and oxygen atoms in total. The number of hydrogen-bond acceptors (Lipinski definition) is 4. The van der Waals surface area contributed by atoms with Crippen molar-refractivity contribution in [2.75, 3.05) is 38.2 Å². The maximum absolute atomic E-state index is 13.2. The zero-order valence-electron chi connectivity index (χ0n) is 17.2. The Kier molecular flexibility index (Phi) is 5.62. The molecule has 1 saturated heterocycles. The zero-order chi connectivity index (χ0) is 20.4. The first-order valence-electron chi connectivity index (χ1n) is 9.94. The molecule has 3 aromatic rings. The van der Waals surface area contributed by atoms with Gasteiger partial charge in [0.15, 0.2) is 0 Å². The van der Waals surface area contributed by atoms with Gasteiger partial charge in [-0.3, -0.25) is 4.79 Å². The van der Waals surface area contributed by atoms with Crippen molar-refractivity contribution >= 4 is 22.9 Å². The number of aromatic nitrogens is 1. The number of nitrogens with zero attached hydrogens (tertiary/aromatic N) is 3. The highest BCUT2D eigenvalue weighted by atomic mass is 32.1. The number of carbonyl (C=O) groups is 1. The minimum Gasteiger partial charge on any atom is -0.497 e. The van der Waals surface area contributed by atoms with Gasteiger partial charge in [0, 0.05) is 48.1 Å². The van der Waals surface area contributed by atoms with E-state index in [1.54, 1.807) is 18.4 Å². The van der Waals surface area contributed by atoms with Gasteiger partial charge in [0.1, 0.15) is 5.75 Å². The molecule has 6 heteroatoms. The van der Waals surface area contributed by atoms with E-state index >= 15 is 0 Å². The Hall–Kier alpha value is -2.73. The number of amides is 1. The molecule has 0 saturated carbocycles. The predicted octanol–water partition coefficient (Wildman–Crippen LogP) is 4.19. The Morgan fingerprint density at radius 2 is 1.79 bits per heavy atom. The molecule has 1 amide bonds.